The summed E-state index contributed by atoms with van der Waals surface area (Å²) in [5.74, 6) is 0.342. The van der Waals surface area contributed by atoms with Gasteiger partial charge >= 0.3 is 0 Å². The topological polar surface area (TPSA) is 45.5 Å². The van der Waals surface area contributed by atoms with E-state index in [1.165, 1.54) is 0 Å². The summed E-state index contributed by atoms with van der Waals surface area (Å²) in [4.78, 5) is 9.44. The van der Waals surface area contributed by atoms with Crippen molar-refractivity contribution < 1.29 is 26.2 Å². The maximum atomic E-state index is 10.5. The van der Waals surface area contributed by atoms with Crippen LogP contribution >= 0.6 is 0 Å². The summed E-state index contributed by atoms with van der Waals surface area (Å²) in [7, 11) is 0. The zero-order valence-corrected chi connectivity index (χ0v) is 21.4. The van der Waals surface area contributed by atoms with Gasteiger partial charge in [0.25, 0.3) is 0 Å². The summed E-state index contributed by atoms with van der Waals surface area (Å²) in [6.45, 7) is 12.8. The van der Waals surface area contributed by atoms with Gasteiger partial charge in [0.05, 0.1) is 5.76 Å². The summed E-state index contributed by atoms with van der Waals surface area (Å²) in [5.41, 5.74) is 3.25. The fourth-order valence-corrected chi connectivity index (χ4v) is 3.00. The molecule has 4 heteroatoms. The van der Waals surface area contributed by atoms with Crippen molar-refractivity contribution in [3.63, 3.8) is 0 Å². The number of nitrogens with zero attached hydrogens (tertiary/aromatic N) is 2. The predicted octanol–water partition coefficient (Wildman–Crippen LogP) is 7.17. The van der Waals surface area contributed by atoms with E-state index in [1.807, 2.05) is 63.4 Å². The van der Waals surface area contributed by atoms with Gasteiger partial charge in [0.15, 0.2) is 0 Å². The van der Waals surface area contributed by atoms with E-state index in [2.05, 4.69) is 50.0 Å². The molecule has 0 unspecified atom stereocenters. The van der Waals surface area contributed by atoms with Crippen molar-refractivity contribution in [1.82, 2.24) is 4.98 Å². The van der Waals surface area contributed by atoms with Crippen LogP contribution in [0, 0.1) is 16.9 Å². The van der Waals surface area contributed by atoms with Gasteiger partial charge in [-0.3, -0.25) is 4.99 Å². The zero-order chi connectivity index (χ0) is 21.9. The van der Waals surface area contributed by atoms with E-state index >= 15 is 0 Å². The third-order valence-electron chi connectivity index (χ3n) is 4.99. The van der Waals surface area contributed by atoms with E-state index in [1.54, 1.807) is 0 Å². The Bertz CT molecular complexity index is 1100. The fourth-order valence-electron chi connectivity index (χ4n) is 3.00. The third-order valence-corrected chi connectivity index (χ3v) is 4.99. The van der Waals surface area contributed by atoms with Crippen LogP contribution in [-0.4, -0.2) is 15.8 Å². The van der Waals surface area contributed by atoms with E-state index in [0.29, 0.717) is 12.3 Å². The standard InChI is InChI=1S/C27H31N2O.Pt/c1-26(2,3)24(16-25(30)27(4,5)6)29-17-19-10-9-13-21(14-19)23-15-20-11-7-8-12-22(20)18-28-23;/h7-13,15-16,18,30H,17H2,1-6H3;/q-1;/b25-16-,29-24?;. The first kappa shape index (κ1) is 25.0. The Morgan fingerprint density at radius 2 is 1.65 bits per heavy atom. The molecule has 3 rings (SSSR count). The minimum atomic E-state index is -0.306. The minimum absolute atomic E-state index is 0. The summed E-state index contributed by atoms with van der Waals surface area (Å²) >= 11 is 0. The number of fused-ring (bicyclic) bond motifs is 1. The zero-order valence-electron chi connectivity index (χ0n) is 19.1. The van der Waals surface area contributed by atoms with Crippen molar-refractivity contribution >= 4 is 16.5 Å². The van der Waals surface area contributed by atoms with Crippen molar-refractivity contribution in [1.29, 1.82) is 0 Å². The molecule has 0 saturated carbocycles. The van der Waals surface area contributed by atoms with E-state index in [9.17, 15) is 5.11 Å². The van der Waals surface area contributed by atoms with Gasteiger partial charge in [-0.05, 0) is 22.5 Å². The van der Waals surface area contributed by atoms with Gasteiger partial charge in [-0.2, -0.15) is 0 Å². The van der Waals surface area contributed by atoms with Crippen LogP contribution in [-0.2, 0) is 27.6 Å². The van der Waals surface area contributed by atoms with Gasteiger partial charge in [-0.25, -0.2) is 0 Å². The van der Waals surface area contributed by atoms with Crippen LogP contribution < -0.4 is 0 Å². The number of aliphatic hydroxyl groups is 1. The first-order valence-corrected chi connectivity index (χ1v) is 10.4. The summed E-state index contributed by atoms with van der Waals surface area (Å²) in [5, 5.41) is 12.8. The molecule has 166 valence electrons. The number of rotatable bonds is 4. The van der Waals surface area contributed by atoms with E-state index < -0.39 is 0 Å². The monoisotopic (exact) mass is 594 g/mol. The molecule has 0 bridgehead atoms. The molecule has 0 spiro atoms. The average molecular weight is 595 g/mol. The smallest absolute Gasteiger partial charge is 0.0994 e. The Labute approximate surface area is 200 Å². The second-order valence-corrected chi connectivity index (χ2v) is 9.74. The molecule has 0 saturated heterocycles. The Morgan fingerprint density at radius 1 is 0.968 bits per heavy atom. The molecule has 1 heterocycles. The Balaban J connectivity index is 0.00000341. The van der Waals surface area contributed by atoms with Gasteiger partial charge in [-0.1, -0.05) is 71.9 Å². The Kier molecular flexibility index (Phi) is 8.00. The van der Waals surface area contributed by atoms with Crippen LogP contribution in [0.1, 0.15) is 47.1 Å². The molecule has 31 heavy (non-hydrogen) atoms. The Hall–Kier alpha value is -2.25. The minimum Gasteiger partial charge on any atom is -0.512 e. The number of hydrogen-bond acceptors (Lipinski definition) is 3. The normalized spacial score (nSPS) is 13.2. The molecule has 3 aromatic rings. The van der Waals surface area contributed by atoms with Crippen LogP contribution in [0.2, 0.25) is 0 Å². The molecule has 0 aliphatic rings. The van der Waals surface area contributed by atoms with Crippen molar-refractivity contribution in [3.05, 3.63) is 78.2 Å². The summed E-state index contributed by atoms with van der Waals surface area (Å²) < 4.78 is 0. The second-order valence-electron chi connectivity index (χ2n) is 9.74. The third kappa shape index (κ3) is 6.61. The van der Waals surface area contributed by atoms with Crippen molar-refractivity contribution in [2.75, 3.05) is 0 Å². The number of aliphatic imine (C=N–C) groups is 1. The maximum Gasteiger partial charge on any atom is 0.0994 e. The molecule has 3 nitrogen and oxygen atoms in total. The van der Waals surface area contributed by atoms with Gasteiger partial charge in [0.2, 0.25) is 0 Å². The second kappa shape index (κ2) is 9.91. The van der Waals surface area contributed by atoms with Crippen molar-refractivity contribution in [3.8, 4) is 11.3 Å². The molecule has 0 amide bonds. The maximum absolute atomic E-state index is 10.5. The number of aromatic nitrogens is 1. The van der Waals surface area contributed by atoms with Crippen LogP contribution in [0.15, 0.2) is 71.6 Å². The largest absolute Gasteiger partial charge is 0.512 e. The van der Waals surface area contributed by atoms with Crippen molar-refractivity contribution in [2.45, 2.75) is 48.1 Å². The first-order chi connectivity index (χ1) is 14.0. The fraction of sp³-hybridized carbons (Fsp3) is 0.333. The molecule has 0 atom stereocenters. The summed E-state index contributed by atoms with van der Waals surface area (Å²) in [6.07, 6.45) is 3.72. The molecule has 0 fully saturated rings. The van der Waals surface area contributed by atoms with Gasteiger partial charge in [-0.15, -0.1) is 35.4 Å². The molecule has 1 aromatic heterocycles. The molecule has 2 aromatic carbocycles. The molecular weight excluding hydrogens is 563 g/mol. The van der Waals surface area contributed by atoms with Gasteiger partial charge in [0.1, 0.15) is 0 Å². The van der Waals surface area contributed by atoms with Crippen molar-refractivity contribution in [2.24, 2.45) is 15.8 Å². The number of benzene rings is 2. The number of aliphatic hydroxyl groups excluding tert-OH is 1. The van der Waals surface area contributed by atoms with E-state index in [-0.39, 0.29) is 31.9 Å². The quantitative estimate of drug-likeness (QED) is 0.198. The molecular formula is C27H31N2OPt-. The predicted molar refractivity (Wildman–Crippen MR) is 127 cm³/mol. The van der Waals surface area contributed by atoms with Gasteiger partial charge in [0, 0.05) is 50.3 Å². The molecule has 0 aliphatic carbocycles. The molecule has 0 radical (unpaired) electrons. The molecule has 1 N–H and O–H groups in total. The van der Waals surface area contributed by atoms with E-state index in [0.717, 1.165) is 33.3 Å². The first-order valence-electron chi connectivity index (χ1n) is 10.4. The summed E-state index contributed by atoms with van der Waals surface area (Å²) in [6, 6.07) is 19.9. The van der Waals surface area contributed by atoms with Crippen LogP contribution in [0.4, 0.5) is 0 Å². The number of pyridine rings is 1. The number of allylic oxidation sites excluding steroid dienone is 2. The van der Waals surface area contributed by atoms with Gasteiger partial charge < -0.3 is 10.1 Å². The molecule has 0 aliphatic heterocycles. The van der Waals surface area contributed by atoms with Crippen LogP contribution in [0.3, 0.4) is 0 Å². The van der Waals surface area contributed by atoms with E-state index in [4.69, 9.17) is 4.99 Å². The average Bonchev–Trinajstić information content (AvgIpc) is 2.69. The SMILES string of the molecule is CC(C)(C)C(/C=C(\O)C(C)(C)C)=NCc1[c-]c(-c2cc3ccccc3cn2)ccc1.[Pt]. The van der Waals surface area contributed by atoms with Crippen LogP contribution in [0.5, 0.6) is 0 Å². The number of hydrogen-bond donors (Lipinski definition) is 1. The Morgan fingerprint density at radius 3 is 2.29 bits per heavy atom. The van der Waals surface area contributed by atoms with Crippen LogP contribution in [0.25, 0.3) is 22.0 Å².